The molecule has 4 heteroatoms. The van der Waals surface area contributed by atoms with Gasteiger partial charge < -0.3 is 14.9 Å². The number of aliphatic hydroxyl groups is 2. The average Bonchev–Trinajstić information content (AvgIpc) is 2.28. The molecule has 88 valence electrons. The lowest BCUT2D eigenvalue weighted by Gasteiger charge is -2.12. The van der Waals surface area contributed by atoms with Crippen molar-refractivity contribution in [1.82, 2.24) is 0 Å². The van der Waals surface area contributed by atoms with Gasteiger partial charge in [-0.3, -0.25) is 4.79 Å². The fourth-order valence-electron chi connectivity index (χ4n) is 1.48. The summed E-state index contributed by atoms with van der Waals surface area (Å²) < 4.78 is 5.12. The van der Waals surface area contributed by atoms with Gasteiger partial charge in [-0.1, -0.05) is 0 Å². The number of carbonyl (C=O) groups excluding carboxylic acids is 1. The second-order valence-electron chi connectivity index (χ2n) is 3.62. The van der Waals surface area contributed by atoms with E-state index in [1.165, 1.54) is 14.0 Å². The molecule has 0 aliphatic rings. The van der Waals surface area contributed by atoms with Crippen LogP contribution in [-0.4, -0.2) is 35.8 Å². The van der Waals surface area contributed by atoms with Gasteiger partial charge >= 0.3 is 0 Å². The number of benzene rings is 1. The van der Waals surface area contributed by atoms with E-state index in [1.807, 2.05) is 0 Å². The van der Waals surface area contributed by atoms with Crippen LogP contribution in [0.3, 0.4) is 0 Å². The first kappa shape index (κ1) is 12.7. The van der Waals surface area contributed by atoms with Gasteiger partial charge in [0.05, 0.1) is 19.8 Å². The Morgan fingerprint density at radius 3 is 2.69 bits per heavy atom. The zero-order valence-corrected chi connectivity index (χ0v) is 9.43. The predicted molar refractivity (Wildman–Crippen MR) is 59.8 cm³/mol. The monoisotopic (exact) mass is 224 g/mol. The van der Waals surface area contributed by atoms with E-state index in [0.29, 0.717) is 11.3 Å². The molecule has 0 amide bonds. The third kappa shape index (κ3) is 3.05. The van der Waals surface area contributed by atoms with Gasteiger partial charge in [0.25, 0.3) is 0 Å². The van der Waals surface area contributed by atoms with Crippen LogP contribution in [0.2, 0.25) is 0 Å². The van der Waals surface area contributed by atoms with Crippen molar-refractivity contribution in [3.05, 3.63) is 29.3 Å². The second kappa shape index (κ2) is 5.63. The molecule has 0 heterocycles. The van der Waals surface area contributed by atoms with Crippen molar-refractivity contribution in [3.8, 4) is 5.75 Å². The number of carbonyl (C=O) groups is 1. The van der Waals surface area contributed by atoms with Crippen LogP contribution in [0.4, 0.5) is 0 Å². The van der Waals surface area contributed by atoms with E-state index in [4.69, 9.17) is 9.84 Å². The van der Waals surface area contributed by atoms with Crippen LogP contribution in [-0.2, 0) is 6.42 Å². The minimum Gasteiger partial charge on any atom is -0.496 e. The van der Waals surface area contributed by atoms with Crippen LogP contribution in [0.1, 0.15) is 22.8 Å². The number of Topliss-reactive ketones (excluding diaryl/α,β-unsaturated/α-hetero) is 1. The molecule has 0 fully saturated rings. The predicted octanol–water partition coefficient (Wildman–Crippen LogP) is 0.793. The van der Waals surface area contributed by atoms with Crippen LogP contribution in [0.15, 0.2) is 18.2 Å². The van der Waals surface area contributed by atoms with E-state index >= 15 is 0 Å². The summed E-state index contributed by atoms with van der Waals surface area (Å²) in [7, 11) is 1.53. The Labute approximate surface area is 94.5 Å². The maximum Gasteiger partial charge on any atom is 0.159 e. The highest BCUT2D eigenvalue weighted by molar-refractivity contribution is 5.94. The van der Waals surface area contributed by atoms with Crippen molar-refractivity contribution in [2.24, 2.45) is 0 Å². The van der Waals surface area contributed by atoms with E-state index in [-0.39, 0.29) is 18.8 Å². The smallest absolute Gasteiger partial charge is 0.159 e. The molecule has 1 aromatic rings. The molecule has 1 aromatic carbocycles. The van der Waals surface area contributed by atoms with Gasteiger partial charge in [0.15, 0.2) is 5.78 Å². The van der Waals surface area contributed by atoms with Crippen molar-refractivity contribution >= 4 is 5.78 Å². The summed E-state index contributed by atoms with van der Waals surface area (Å²) in [4.78, 5) is 11.2. The summed E-state index contributed by atoms with van der Waals surface area (Å²) in [5.74, 6) is 0.569. The first-order valence-electron chi connectivity index (χ1n) is 5.05. The standard InChI is InChI=1S/C12H16O4/c1-8(14)9-3-4-12(16-2)10(5-9)6-11(15)7-13/h3-5,11,13,15H,6-7H2,1-2H3/t11-/m1/s1. The lowest BCUT2D eigenvalue weighted by Crippen LogP contribution is -2.16. The Hall–Kier alpha value is -1.39. The Morgan fingerprint density at radius 2 is 2.19 bits per heavy atom. The van der Waals surface area contributed by atoms with E-state index in [9.17, 15) is 9.90 Å². The number of ketones is 1. The van der Waals surface area contributed by atoms with Crippen LogP contribution < -0.4 is 4.74 Å². The molecular formula is C12H16O4. The van der Waals surface area contributed by atoms with E-state index < -0.39 is 6.10 Å². The number of hydrogen-bond acceptors (Lipinski definition) is 4. The van der Waals surface area contributed by atoms with Gasteiger partial charge in [-0.05, 0) is 30.7 Å². The molecule has 16 heavy (non-hydrogen) atoms. The van der Waals surface area contributed by atoms with Crippen molar-refractivity contribution in [2.45, 2.75) is 19.4 Å². The molecule has 0 saturated heterocycles. The molecule has 2 N–H and O–H groups in total. The molecule has 1 rings (SSSR count). The molecule has 0 spiro atoms. The Balaban J connectivity index is 3.02. The maximum absolute atomic E-state index is 11.2. The summed E-state index contributed by atoms with van der Waals surface area (Å²) >= 11 is 0. The molecule has 0 aliphatic heterocycles. The summed E-state index contributed by atoms with van der Waals surface area (Å²) in [6.45, 7) is 1.17. The summed E-state index contributed by atoms with van der Waals surface area (Å²) in [5, 5.41) is 18.2. The van der Waals surface area contributed by atoms with Gasteiger partial charge in [0, 0.05) is 12.0 Å². The molecule has 0 unspecified atom stereocenters. The zero-order valence-electron chi connectivity index (χ0n) is 9.43. The normalized spacial score (nSPS) is 12.2. The molecule has 0 aromatic heterocycles. The third-order valence-electron chi connectivity index (χ3n) is 2.35. The Morgan fingerprint density at radius 1 is 1.50 bits per heavy atom. The first-order chi connectivity index (χ1) is 7.58. The summed E-state index contributed by atoms with van der Waals surface area (Å²) in [5.41, 5.74) is 1.29. The topological polar surface area (TPSA) is 66.8 Å². The SMILES string of the molecule is COc1ccc(C(C)=O)cc1C[C@@H](O)CO. The first-order valence-corrected chi connectivity index (χ1v) is 5.05. The molecule has 4 nitrogen and oxygen atoms in total. The molecule has 1 atom stereocenters. The van der Waals surface area contributed by atoms with Gasteiger partial charge in [-0.15, -0.1) is 0 Å². The Kier molecular flexibility index (Phi) is 4.46. The second-order valence-corrected chi connectivity index (χ2v) is 3.62. The van der Waals surface area contributed by atoms with E-state index in [1.54, 1.807) is 18.2 Å². The molecule has 0 bridgehead atoms. The van der Waals surface area contributed by atoms with Gasteiger partial charge in [0.2, 0.25) is 0 Å². The molecule has 0 radical (unpaired) electrons. The van der Waals surface area contributed by atoms with Crippen molar-refractivity contribution in [2.75, 3.05) is 13.7 Å². The lowest BCUT2D eigenvalue weighted by molar-refractivity contribution is 0.0948. The highest BCUT2D eigenvalue weighted by Gasteiger charge is 2.11. The van der Waals surface area contributed by atoms with Crippen LogP contribution in [0.5, 0.6) is 5.75 Å². The maximum atomic E-state index is 11.2. The van der Waals surface area contributed by atoms with E-state index in [2.05, 4.69) is 0 Å². The van der Waals surface area contributed by atoms with Crippen LogP contribution >= 0.6 is 0 Å². The highest BCUT2D eigenvalue weighted by Crippen LogP contribution is 2.21. The lowest BCUT2D eigenvalue weighted by atomic mass is 10.0. The number of rotatable bonds is 5. The minimum absolute atomic E-state index is 0.0395. The number of ether oxygens (including phenoxy) is 1. The van der Waals surface area contributed by atoms with Gasteiger partial charge in [-0.2, -0.15) is 0 Å². The van der Waals surface area contributed by atoms with Crippen molar-refractivity contribution in [3.63, 3.8) is 0 Å². The van der Waals surface area contributed by atoms with Crippen LogP contribution in [0.25, 0.3) is 0 Å². The largest absolute Gasteiger partial charge is 0.496 e. The van der Waals surface area contributed by atoms with Crippen molar-refractivity contribution < 1.29 is 19.7 Å². The average molecular weight is 224 g/mol. The molecule has 0 saturated carbocycles. The van der Waals surface area contributed by atoms with Crippen LogP contribution in [0, 0.1) is 0 Å². The third-order valence-corrected chi connectivity index (χ3v) is 2.35. The van der Waals surface area contributed by atoms with Gasteiger partial charge in [-0.25, -0.2) is 0 Å². The molecular weight excluding hydrogens is 208 g/mol. The molecule has 0 aliphatic carbocycles. The highest BCUT2D eigenvalue weighted by atomic mass is 16.5. The van der Waals surface area contributed by atoms with E-state index in [0.717, 1.165) is 5.56 Å². The van der Waals surface area contributed by atoms with Gasteiger partial charge in [0.1, 0.15) is 5.75 Å². The number of hydrogen-bond donors (Lipinski definition) is 2. The minimum atomic E-state index is -0.837. The fourth-order valence-corrected chi connectivity index (χ4v) is 1.48. The fraction of sp³-hybridized carbons (Fsp3) is 0.417. The quantitative estimate of drug-likeness (QED) is 0.726. The van der Waals surface area contributed by atoms with Crippen molar-refractivity contribution in [1.29, 1.82) is 0 Å². The summed E-state index contributed by atoms with van der Waals surface area (Å²) in [6.07, 6.45) is -0.572. The number of methoxy groups -OCH3 is 1. The zero-order chi connectivity index (χ0) is 12.1. The summed E-state index contributed by atoms with van der Waals surface area (Å²) in [6, 6.07) is 5.05. The Bertz CT molecular complexity index is 373. The number of aliphatic hydroxyl groups excluding tert-OH is 2.